The predicted molar refractivity (Wildman–Crippen MR) is 297 cm³/mol. The monoisotopic (exact) mass is 1160 g/mol. The van der Waals surface area contributed by atoms with Gasteiger partial charge in [-0.2, -0.15) is 0 Å². The Labute approximate surface area is 477 Å². The highest BCUT2D eigenvalue weighted by molar-refractivity contribution is 7.80. The summed E-state index contributed by atoms with van der Waals surface area (Å²) in [5.41, 5.74) is 10.7. The standard InChI is InChI=1S/C32H30F3NO6S.C27H26F3NO4S.2CH4/c1-2-39-32(37)26-19-43-31(36-26)30-29(41-17-22-7-13-25(35)14-8-22)28(40-16-21-5-11-24(34)12-6-21)27(42-30)18-38-15-20-3-9-23(33)10-4-20;28-20-7-1-17(2-8-20)13-32-16-23-24(33-14-18-3-9-21(29)10-4-18)25(26(35-23)27(31)36)34-15-19-5-11-22(30)12-6-19;;/h3-14,19,27-30H,2,15-18H2,1H3;1-12,23-26H,13-16H2,(H2,31,36);2*1H4/t27-,28-,29-,30-;23-,24-,25-,26-;;/m11../s1. The van der Waals surface area contributed by atoms with Crippen molar-refractivity contribution in [2.24, 2.45) is 5.73 Å². The van der Waals surface area contributed by atoms with Gasteiger partial charge in [0.2, 0.25) is 0 Å². The van der Waals surface area contributed by atoms with Crippen molar-refractivity contribution in [2.45, 2.75) is 110 Å². The molecule has 9 rings (SSSR count). The maximum Gasteiger partial charge on any atom is 0.357 e. The van der Waals surface area contributed by atoms with Crippen molar-refractivity contribution in [2.75, 3.05) is 19.8 Å². The van der Waals surface area contributed by atoms with Gasteiger partial charge in [0.1, 0.15) is 93.7 Å². The summed E-state index contributed by atoms with van der Waals surface area (Å²) in [4.78, 5) is 16.9. The number of nitrogens with two attached hydrogens (primary N) is 1. The van der Waals surface area contributed by atoms with Crippen LogP contribution in [0.1, 0.15) is 76.8 Å². The summed E-state index contributed by atoms with van der Waals surface area (Å²) < 4.78 is 135. The molecule has 0 bridgehead atoms. The van der Waals surface area contributed by atoms with Gasteiger partial charge in [-0.1, -0.05) is 99.9 Å². The van der Waals surface area contributed by atoms with Gasteiger partial charge in [-0.15, -0.1) is 11.3 Å². The number of benzene rings is 6. The van der Waals surface area contributed by atoms with Crippen LogP contribution in [0.3, 0.4) is 0 Å². The molecule has 2 aliphatic heterocycles. The fourth-order valence-corrected chi connectivity index (χ4v) is 9.52. The Morgan fingerprint density at radius 2 is 0.827 bits per heavy atom. The molecule has 12 nitrogen and oxygen atoms in total. The molecule has 3 heterocycles. The van der Waals surface area contributed by atoms with Crippen LogP contribution in [0.25, 0.3) is 0 Å². The number of thiocarbonyl (C=S) groups is 1. The van der Waals surface area contributed by atoms with E-state index >= 15 is 0 Å². The third-order valence-corrected chi connectivity index (χ3v) is 13.6. The summed E-state index contributed by atoms with van der Waals surface area (Å²) in [6.07, 6.45) is -5.31. The minimum atomic E-state index is -0.738. The molecule has 7 aromatic rings. The van der Waals surface area contributed by atoms with Crippen molar-refractivity contribution in [3.63, 3.8) is 0 Å². The second kappa shape index (κ2) is 31.7. The number of halogens is 6. The van der Waals surface area contributed by atoms with Crippen molar-refractivity contribution >= 4 is 34.5 Å². The van der Waals surface area contributed by atoms with Crippen LogP contribution >= 0.6 is 23.6 Å². The fourth-order valence-electron chi connectivity index (χ4n) is 8.48. The third kappa shape index (κ3) is 18.8. The number of hydrogen-bond donors (Lipinski definition) is 1. The minimum absolute atomic E-state index is 0. The van der Waals surface area contributed by atoms with Crippen LogP contribution < -0.4 is 5.73 Å². The smallest absolute Gasteiger partial charge is 0.357 e. The molecular weight excluding hydrogens is 1100 g/mol. The zero-order valence-corrected chi connectivity index (χ0v) is 44.2. The van der Waals surface area contributed by atoms with E-state index in [9.17, 15) is 31.1 Å². The van der Waals surface area contributed by atoms with Crippen molar-refractivity contribution < 1.29 is 73.8 Å². The summed E-state index contributed by atoms with van der Waals surface area (Å²) in [5, 5.41) is 2.09. The van der Waals surface area contributed by atoms with Crippen LogP contribution in [0.2, 0.25) is 0 Å². The number of carbonyl (C=O) groups is 1. The van der Waals surface area contributed by atoms with Crippen molar-refractivity contribution in [1.29, 1.82) is 0 Å². The number of esters is 1. The Kier molecular flexibility index (Phi) is 24.9. The zero-order valence-electron chi connectivity index (χ0n) is 42.6. The molecule has 20 heteroatoms. The molecule has 2 N–H and O–H groups in total. The Morgan fingerprint density at radius 1 is 0.506 bits per heavy atom. The number of thiazole rings is 1. The summed E-state index contributed by atoms with van der Waals surface area (Å²) in [6, 6.07) is 35.8. The molecule has 0 spiro atoms. The topological polar surface area (TPSA) is 139 Å². The first kappa shape index (κ1) is 63.7. The lowest BCUT2D eigenvalue weighted by Crippen LogP contribution is -2.42. The molecule has 1 aromatic heterocycles. The molecule has 0 radical (unpaired) electrons. The van der Waals surface area contributed by atoms with Gasteiger partial charge in [-0.25, -0.2) is 36.1 Å². The molecule has 0 amide bonds. The second-order valence-electron chi connectivity index (χ2n) is 18.3. The highest BCUT2D eigenvalue weighted by Gasteiger charge is 2.49. The van der Waals surface area contributed by atoms with Gasteiger partial charge in [-0.3, -0.25) is 0 Å². The Bertz CT molecular complexity index is 3000. The van der Waals surface area contributed by atoms with E-state index in [-0.39, 0.29) is 120 Å². The van der Waals surface area contributed by atoms with Gasteiger partial charge in [0.15, 0.2) is 5.69 Å². The average molecular weight is 1160 g/mol. The highest BCUT2D eigenvalue weighted by atomic mass is 32.1. The van der Waals surface area contributed by atoms with E-state index in [0.29, 0.717) is 5.01 Å². The van der Waals surface area contributed by atoms with Gasteiger partial charge < -0.3 is 48.4 Å². The number of nitrogens with zero attached hydrogens (tertiary/aromatic N) is 1. The van der Waals surface area contributed by atoms with Crippen molar-refractivity contribution in [3.8, 4) is 0 Å². The third-order valence-electron chi connectivity index (χ3n) is 12.5. The van der Waals surface area contributed by atoms with Crippen LogP contribution in [0, 0.1) is 34.9 Å². The quantitative estimate of drug-likeness (QED) is 0.0349. The summed E-state index contributed by atoms with van der Waals surface area (Å²) in [7, 11) is 0. The first-order valence-electron chi connectivity index (χ1n) is 25.1. The first-order valence-corrected chi connectivity index (χ1v) is 26.4. The van der Waals surface area contributed by atoms with Gasteiger partial charge in [-0.05, 0) is 113 Å². The molecule has 2 saturated heterocycles. The second-order valence-corrected chi connectivity index (χ2v) is 19.6. The number of aromatic nitrogens is 1. The number of carbonyl (C=O) groups excluding carboxylic acids is 1. The van der Waals surface area contributed by atoms with Crippen LogP contribution in [0.15, 0.2) is 151 Å². The Hall–Kier alpha value is -6.43. The SMILES string of the molecule is C.C.CCOC(=O)c1csc([C@@H]2O[C@H](COCc3ccc(F)cc3)[C@@H](OCc3ccc(F)cc3)[C@H]2OCc2ccc(F)cc2)n1.NC(=S)[C@@H]1O[C@H](COCc2ccc(F)cc2)[C@@H](OCc2ccc(F)cc2)[C@H]1OCc1ccc(F)cc1. The van der Waals surface area contributed by atoms with E-state index in [1.807, 2.05) is 0 Å². The summed E-state index contributed by atoms with van der Waals surface area (Å²) >= 11 is 6.46. The first-order chi connectivity index (χ1) is 38.3. The Morgan fingerprint density at radius 3 is 1.19 bits per heavy atom. The molecule has 81 heavy (non-hydrogen) atoms. The van der Waals surface area contributed by atoms with Gasteiger partial charge >= 0.3 is 5.97 Å². The van der Waals surface area contributed by atoms with E-state index in [1.165, 1.54) is 84.1 Å². The van der Waals surface area contributed by atoms with E-state index in [1.54, 1.807) is 85.1 Å². The van der Waals surface area contributed by atoms with Crippen LogP contribution in [0.4, 0.5) is 26.3 Å². The molecule has 0 saturated carbocycles. The van der Waals surface area contributed by atoms with Crippen molar-refractivity contribution in [1.82, 2.24) is 4.98 Å². The molecule has 0 unspecified atom stereocenters. The normalized spacial score (nSPS) is 20.1. The Balaban J connectivity index is 0.000000258. The van der Waals surface area contributed by atoms with E-state index in [0.717, 1.165) is 33.4 Å². The molecular formula is C61H64F6N2O10S2. The number of ether oxygens (including phenoxy) is 9. The average Bonchev–Trinajstić information content (AvgIpc) is 4.31. The summed E-state index contributed by atoms with van der Waals surface area (Å²) in [6.45, 7) is 3.21. The lowest BCUT2D eigenvalue weighted by Gasteiger charge is -2.25. The molecule has 0 aliphatic carbocycles. The van der Waals surface area contributed by atoms with Gasteiger partial charge in [0, 0.05) is 5.38 Å². The highest BCUT2D eigenvalue weighted by Crippen LogP contribution is 2.40. The van der Waals surface area contributed by atoms with E-state index in [2.05, 4.69) is 4.98 Å². The largest absolute Gasteiger partial charge is 0.461 e. The van der Waals surface area contributed by atoms with Crippen LogP contribution in [0.5, 0.6) is 0 Å². The van der Waals surface area contributed by atoms with E-state index in [4.69, 9.17) is 60.6 Å². The lowest BCUT2D eigenvalue weighted by molar-refractivity contribution is -0.0898. The van der Waals surface area contributed by atoms with Gasteiger partial charge in [0.05, 0.1) is 59.5 Å². The lowest BCUT2D eigenvalue weighted by atomic mass is 10.1. The molecule has 6 aromatic carbocycles. The van der Waals surface area contributed by atoms with Gasteiger partial charge in [0.25, 0.3) is 0 Å². The zero-order chi connectivity index (χ0) is 55.7. The molecule has 2 aliphatic rings. The number of rotatable bonds is 24. The maximum atomic E-state index is 13.5. The molecule has 8 atom stereocenters. The van der Waals surface area contributed by atoms with E-state index < -0.39 is 54.8 Å². The molecule has 432 valence electrons. The summed E-state index contributed by atoms with van der Waals surface area (Å²) in [5.74, 6) is -2.62. The predicted octanol–water partition coefficient (Wildman–Crippen LogP) is 12.7. The fraction of sp³-hybridized carbons (Fsp3) is 0.328. The maximum absolute atomic E-state index is 13.5. The minimum Gasteiger partial charge on any atom is -0.461 e. The van der Waals surface area contributed by atoms with Crippen LogP contribution in [-0.4, -0.2) is 78.5 Å². The molecule has 2 fully saturated rings. The van der Waals surface area contributed by atoms with Crippen LogP contribution in [-0.2, 0) is 82.3 Å². The number of hydrogen-bond acceptors (Lipinski definition) is 13. The van der Waals surface area contributed by atoms with Crippen molar-refractivity contribution in [3.05, 3.63) is 230 Å².